The Kier molecular flexibility index (Phi) is 6.78. The van der Waals surface area contributed by atoms with Crippen molar-refractivity contribution in [3.05, 3.63) is 35.4 Å². The number of nitrogens with one attached hydrogen (secondary N) is 2. The fourth-order valence-electron chi connectivity index (χ4n) is 3.09. The van der Waals surface area contributed by atoms with Crippen molar-refractivity contribution in [2.24, 2.45) is 11.7 Å². The quantitative estimate of drug-likeness (QED) is 0.367. The first-order valence-electron chi connectivity index (χ1n) is 8.94. The molecule has 0 aromatic heterocycles. The summed E-state index contributed by atoms with van der Waals surface area (Å²) < 4.78 is 0. The fourth-order valence-corrected chi connectivity index (χ4v) is 3.09. The summed E-state index contributed by atoms with van der Waals surface area (Å²) in [6.07, 6.45) is 6.09. The van der Waals surface area contributed by atoms with Gasteiger partial charge < -0.3 is 11.1 Å². The standard InChI is InChI=1S/C20H27N3O3/c1-20(2,21)17(19(25)23-26)22-18(24)16-12-10-15(11-13-16)9-5-8-14-6-3-4-7-14/h10-14,17,26H,3-4,6-8,21H2,1-2H3,(H,22,24)(H,23,25)/t17-/m1/s1. The minimum absolute atomic E-state index is 0.395. The van der Waals surface area contributed by atoms with Gasteiger partial charge in [-0.3, -0.25) is 14.8 Å². The van der Waals surface area contributed by atoms with Crippen LogP contribution in [0.3, 0.4) is 0 Å². The molecule has 0 saturated heterocycles. The predicted octanol–water partition coefficient (Wildman–Crippen LogP) is 1.96. The van der Waals surface area contributed by atoms with E-state index in [2.05, 4.69) is 17.2 Å². The van der Waals surface area contributed by atoms with E-state index in [1.54, 1.807) is 38.1 Å². The Bertz CT molecular complexity index is 690. The number of amides is 2. The van der Waals surface area contributed by atoms with Crippen molar-refractivity contribution in [2.45, 2.75) is 57.5 Å². The SMILES string of the molecule is CC(C)(N)[C@H](NC(=O)c1ccc(C#CCC2CCCC2)cc1)C(=O)NO. The van der Waals surface area contributed by atoms with E-state index in [1.807, 2.05) is 0 Å². The molecule has 2 rings (SSSR count). The van der Waals surface area contributed by atoms with Gasteiger partial charge in [-0.25, -0.2) is 5.48 Å². The molecular formula is C20H27N3O3. The summed E-state index contributed by atoms with van der Waals surface area (Å²) in [6.45, 7) is 3.19. The van der Waals surface area contributed by atoms with Crippen LogP contribution in [0.15, 0.2) is 24.3 Å². The lowest BCUT2D eigenvalue weighted by molar-refractivity contribution is -0.132. The summed E-state index contributed by atoms with van der Waals surface area (Å²) in [6, 6.07) is 5.82. The molecule has 1 saturated carbocycles. The molecule has 6 nitrogen and oxygen atoms in total. The van der Waals surface area contributed by atoms with Gasteiger partial charge in [0.05, 0.1) is 0 Å². The molecule has 5 N–H and O–H groups in total. The average molecular weight is 357 g/mol. The zero-order chi connectivity index (χ0) is 19.2. The molecule has 1 fully saturated rings. The van der Waals surface area contributed by atoms with Crippen molar-refractivity contribution >= 4 is 11.8 Å². The van der Waals surface area contributed by atoms with Gasteiger partial charge in [-0.05, 0) is 56.9 Å². The van der Waals surface area contributed by atoms with Crippen molar-refractivity contribution in [2.75, 3.05) is 0 Å². The number of nitrogens with two attached hydrogens (primary N) is 1. The van der Waals surface area contributed by atoms with Gasteiger partial charge in [0.25, 0.3) is 11.8 Å². The van der Waals surface area contributed by atoms with Crippen LogP contribution in [0.1, 0.15) is 61.9 Å². The van der Waals surface area contributed by atoms with Crippen LogP contribution in [0.5, 0.6) is 0 Å². The van der Waals surface area contributed by atoms with Gasteiger partial charge in [-0.2, -0.15) is 0 Å². The van der Waals surface area contributed by atoms with Gasteiger partial charge in [-0.15, -0.1) is 0 Å². The smallest absolute Gasteiger partial charge is 0.267 e. The van der Waals surface area contributed by atoms with Crippen LogP contribution in [0, 0.1) is 17.8 Å². The maximum atomic E-state index is 12.4. The fraction of sp³-hybridized carbons (Fsp3) is 0.500. The molecule has 0 radical (unpaired) electrons. The van der Waals surface area contributed by atoms with Crippen molar-refractivity contribution in [3.8, 4) is 11.8 Å². The molecule has 2 amide bonds. The summed E-state index contributed by atoms with van der Waals surface area (Å²) in [7, 11) is 0. The second-order valence-electron chi connectivity index (χ2n) is 7.44. The summed E-state index contributed by atoms with van der Waals surface area (Å²) in [5, 5.41) is 11.4. The molecule has 0 spiro atoms. The van der Waals surface area contributed by atoms with Gasteiger partial charge >= 0.3 is 0 Å². The van der Waals surface area contributed by atoms with E-state index in [4.69, 9.17) is 10.9 Å². The second-order valence-corrected chi connectivity index (χ2v) is 7.44. The zero-order valence-electron chi connectivity index (χ0n) is 15.3. The van der Waals surface area contributed by atoms with E-state index >= 15 is 0 Å². The van der Waals surface area contributed by atoms with Crippen LogP contribution in [0.4, 0.5) is 0 Å². The Morgan fingerprint density at radius 1 is 1.27 bits per heavy atom. The van der Waals surface area contributed by atoms with Crippen LogP contribution in [0.25, 0.3) is 0 Å². The highest BCUT2D eigenvalue weighted by atomic mass is 16.5. The van der Waals surface area contributed by atoms with E-state index in [-0.39, 0.29) is 0 Å². The summed E-state index contributed by atoms with van der Waals surface area (Å²) in [5.74, 6) is 5.87. The number of benzene rings is 1. The normalized spacial score (nSPS) is 15.7. The van der Waals surface area contributed by atoms with Crippen LogP contribution in [-0.4, -0.2) is 28.6 Å². The average Bonchev–Trinajstić information content (AvgIpc) is 3.12. The van der Waals surface area contributed by atoms with Gasteiger partial charge in [-0.1, -0.05) is 24.7 Å². The lowest BCUT2D eigenvalue weighted by Crippen LogP contribution is -2.61. The van der Waals surface area contributed by atoms with Crippen molar-refractivity contribution < 1.29 is 14.8 Å². The molecule has 1 aromatic rings. The molecule has 140 valence electrons. The summed E-state index contributed by atoms with van der Waals surface area (Å²) >= 11 is 0. The number of rotatable bonds is 5. The molecule has 0 unspecified atom stereocenters. The molecule has 1 aliphatic rings. The molecule has 1 atom stereocenters. The minimum Gasteiger partial charge on any atom is -0.338 e. The van der Waals surface area contributed by atoms with Gasteiger partial charge in [0.1, 0.15) is 6.04 Å². The topological polar surface area (TPSA) is 104 Å². The van der Waals surface area contributed by atoms with E-state index in [0.717, 1.165) is 17.9 Å². The lowest BCUT2D eigenvalue weighted by Gasteiger charge is -2.29. The van der Waals surface area contributed by atoms with Crippen LogP contribution >= 0.6 is 0 Å². The van der Waals surface area contributed by atoms with E-state index in [1.165, 1.54) is 31.2 Å². The molecule has 26 heavy (non-hydrogen) atoms. The summed E-state index contributed by atoms with van der Waals surface area (Å²) in [5.41, 5.74) is 7.65. The van der Waals surface area contributed by atoms with Crippen LogP contribution in [0.2, 0.25) is 0 Å². The third-order valence-electron chi connectivity index (χ3n) is 4.64. The third kappa shape index (κ3) is 5.58. The highest BCUT2D eigenvalue weighted by Crippen LogP contribution is 2.26. The monoisotopic (exact) mass is 357 g/mol. The van der Waals surface area contributed by atoms with Crippen molar-refractivity contribution in [1.29, 1.82) is 0 Å². The number of carbonyl (C=O) groups is 2. The molecular weight excluding hydrogens is 330 g/mol. The molecule has 0 bridgehead atoms. The Morgan fingerprint density at radius 2 is 1.88 bits per heavy atom. The van der Waals surface area contributed by atoms with E-state index in [9.17, 15) is 9.59 Å². The maximum Gasteiger partial charge on any atom is 0.267 e. The van der Waals surface area contributed by atoms with Gasteiger partial charge in [0, 0.05) is 23.1 Å². The lowest BCUT2D eigenvalue weighted by atomic mass is 9.95. The Balaban J connectivity index is 1.99. The van der Waals surface area contributed by atoms with Crippen molar-refractivity contribution in [1.82, 2.24) is 10.8 Å². The highest BCUT2D eigenvalue weighted by molar-refractivity contribution is 5.97. The summed E-state index contributed by atoms with van der Waals surface area (Å²) in [4.78, 5) is 24.1. The number of hydrogen-bond acceptors (Lipinski definition) is 4. The Hall–Kier alpha value is -2.36. The molecule has 1 aliphatic carbocycles. The first-order chi connectivity index (χ1) is 12.3. The highest BCUT2D eigenvalue weighted by Gasteiger charge is 2.33. The number of hydrogen-bond donors (Lipinski definition) is 4. The molecule has 1 aromatic carbocycles. The largest absolute Gasteiger partial charge is 0.338 e. The molecule has 0 aliphatic heterocycles. The second kappa shape index (κ2) is 8.84. The number of carbonyl (C=O) groups excluding carboxylic acids is 2. The Labute approximate surface area is 154 Å². The van der Waals surface area contributed by atoms with Crippen molar-refractivity contribution in [3.63, 3.8) is 0 Å². The Morgan fingerprint density at radius 3 is 2.42 bits per heavy atom. The minimum atomic E-state index is -1.06. The predicted molar refractivity (Wildman–Crippen MR) is 99.3 cm³/mol. The first kappa shape index (κ1) is 20.0. The van der Waals surface area contributed by atoms with E-state index < -0.39 is 23.4 Å². The van der Waals surface area contributed by atoms with Crippen LogP contribution < -0.4 is 16.5 Å². The zero-order valence-corrected chi connectivity index (χ0v) is 15.3. The number of hydroxylamine groups is 1. The van der Waals surface area contributed by atoms with Gasteiger partial charge in [0.2, 0.25) is 0 Å². The maximum absolute atomic E-state index is 12.4. The first-order valence-corrected chi connectivity index (χ1v) is 8.94. The van der Waals surface area contributed by atoms with Gasteiger partial charge in [0.15, 0.2) is 0 Å². The molecule has 6 heteroatoms. The molecule has 0 heterocycles. The van der Waals surface area contributed by atoms with Crippen LogP contribution in [-0.2, 0) is 4.79 Å². The van der Waals surface area contributed by atoms with E-state index in [0.29, 0.717) is 5.56 Å². The third-order valence-corrected chi connectivity index (χ3v) is 4.64.